The van der Waals surface area contributed by atoms with Gasteiger partial charge in [0.05, 0.1) is 31.3 Å². The summed E-state index contributed by atoms with van der Waals surface area (Å²) in [6.45, 7) is 4.29. The molecule has 0 radical (unpaired) electrons. The second-order valence-corrected chi connectivity index (χ2v) is 17.4. The average Bonchev–Trinajstić information content (AvgIpc) is 3.18. The van der Waals surface area contributed by atoms with Crippen LogP contribution in [0.4, 0.5) is 0 Å². The normalized spacial score (nSPS) is 13.5. The van der Waals surface area contributed by atoms with E-state index in [1.807, 2.05) is 0 Å². The number of unbranched alkanes of at least 4 members (excludes halogenated alkanes) is 35. The second-order valence-electron chi connectivity index (χ2n) is 17.4. The largest absolute Gasteiger partial charge is 0.394 e. The van der Waals surface area contributed by atoms with Gasteiger partial charge in [-0.15, -0.1) is 0 Å². The van der Waals surface area contributed by atoms with Crippen molar-refractivity contribution in [3.8, 4) is 0 Å². The first-order chi connectivity index (χ1) is 27.0. The Labute approximate surface area is 344 Å². The molecule has 0 aromatic rings. The first kappa shape index (κ1) is 54.1. The zero-order valence-electron chi connectivity index (χ0n) is 37.3. The highest BCUT2D eigenvalue weighted by atomic mass is 16.3. The molecule has 0 aliphatic heterocycles. The Kier molecular flexibility index (Phi) is 45.0. The lowest BCUT2D eigenvalue weighted by Gasteiger charge is -2.23. The van der Waals surface area contributed by atoms with Crippen LogP contribution in [0.25, 0.3) is 0 Å². The lowest BCUT2D eigenvalue weighted by atomic mass is 10.0. The smallest absolute Gasteiger partial charge is 0.222 e. The average molecular weight is 778 g/mol. The number of allylic oxidation sites excluding steroid dienone is 2. The van der Waals surface area contributed by atoms with Gasteiger partial charge in [0.25, 0.3) is 0 Å². The Morgan fingerprint density at radius 3 is 1.05 bits per heavy atom. The van der Waals surface area contributed by atoms with Gasteiger partial charge in [-0.1, -0.05) is 244 Å². The van der Waals surface area contributed by atoms with Gasteiger partial charge >= 0.3 is 0 Å². The molecule has 0 bridgehead atoms. The van der Waals surface area contributed by atoms with Crippen LogP contribution < -0.4 is 5.32 Å². The molecule has 3 atom stereocenters. The minimum absolute atomic E-state index is 0.0341. The highest BCUT2D eigenvalue weighted by Crippen LogP contribution is 2.17. The van der Waals surface area contributed by atoms with Crippen LogP contribution >= 0.6 is 0 Å². The van der Waals surface area contributed by atoms with Gasteiger partial charge in [-0.2, -0.15) is 0 Å². The van der Waals surface area contributed by atoms with Crippen molar-refractivity contribution in [3.63, 3.8) is 0 Å². The van der Waals surface area contributed by atoms with Crippen LogP contribution in [0, 0.1) is 0 Å². The molecule has 0 saturated carbocycles. The number of hydrogen-bond donors (Lipinski definition) is 4. The van der Waals surface area contributed by atoms with Crippen LogP contribution in [0.3, 0.4) is 0 Å². The molecule has 5 heteroatoms. The third kappa shape index (κ3) is 42.5. The summed E-state index contributed by atoms with van der Waals surface area (Å²) in [5.41, 5.74) is 0. The molecule has 0 spiro atoms. The topological polar surface area (TPSA) is 89.8 Å². The van der Waals surface area contributed by atoms with E-state index in [4.69, 9.17) is 0 Å². The predicted octanol–water partition coefficient (Wildman–Crippen LogP) is 14.8. The molecular weight excluding hydrogens is 679 g/mol. The maximum Gasteiger partial charge on any atom is 0.222 e. The molecule has 328 valence electrons. The van der Waals surface area contributed by atoms with Gasteiger partial charge in [0.1, 0.15) is 0 Å². The van der Waals surface area contributed by atoms with E-state index in [0.29, 0.717) is 12.8 Å². The van der Waals surface area contributed by atoms with Crippen molar-refractivity contribution in [2.45, 2.75) is 295 Å². The van der Waals surface area contributed by atoms with Crippen molar-refractivity contribution in [2.24, 2.45) is 0 Å². The molecule has 0 rings (SSSR count). The number of aliphatic hydroxyl groups is 3. The number of carbonyl (C=O) groups excluding carboxylic acids is 1. The molecule has 0 heterocycles. The molecule has 4 N–H and O–H groups in total. The van der Waals surface area contributed by atoms with Crippen molar-refractivity contribution in [1.82, 2.24) is 5.32 Å². The van der Waals surface area contributed by atoms with E-state index < -0.39 is 18.2 Å². The standard InChI is InChI=1S/C50H99NO4/c1-3-5-7-9-11-13-15-17-19-21-23-24-26-28-30-32-34-36-38-40-42-44-49(54)48(46-52)51-50(55)45-47(53)43-41-39-37-35-33-31-29-27-25-22-20-18-16-14-12-10-8-6-4-2/h27,29,47-49,52-54H,3-26,28,30-46H2,1-2H3,(H,51,55)/b29-27-. The third-order valence-corrected chi connectivity index (χ3v) is 11.8. The monoisotopic (exact) mass is 778 g/mol. The fraction of sp³-hybridized carbons (Fsp3) is 0.940. The van der Waals surface area contributed by atoms with Crippen molar-refractivity contribution in [3.05, 3.63) is 12.2 Å². The molecule has 1 amide bonds. The quantitative estimate of drug-likeness (QED) is 0.0366. The minimum Gasteiger partial charge on any atom is -0.394 e. The van der Waals surface area contributed by atoms with Gasteiger partial charge in [-0.25, -0.2) is 0 Å². The van der Waals surface area contributed by atoms with E-state index in [1.165, 1.54) is 212 Å². The fourth-order valence-electron chi connectivity index (χ4n) is 7.99. The van der Waals surface area contributed by atoms with Crippen molar-refractivity contribution in [2.75, 3.05) is 6.61 Å². The number of rotatable bonds is 46. The fourth-order valence-corrected chi connectivity index (χ4v) is 7.99. The van der Waals surface area contributed by atoms with Crippen LogP contribution in [0.15, 0.2) is 12.2 Å². The van der Waals surface area contributed by atoms with Crippen molar-refractivity contribution in [1.29, 1.82) is 0 Å². The molecule has 3 unspecified atom stereocenters. The minimum atomic E-state index is -0.749. The predicted molar refractivity (Wildman–Crippen MR) is 241 cm³/mol. The summed E-state index contributed by atoms with van der Waals surface area (Å²) >= 11 is 0. The lowest BCUT2D eigenvalue weighted by Crippen LogP contribution is -2.46. The zero-order valence-corrected chi connectivity index (χ0v) is 37.3. The number of carbonyl (C=O) groups is 1. The Morgan fingerprint density at radius 1 is 0.436 bits per heavy atom. The molecule has 5 nitrogen and oxygen atoms in total. The van der Waals surface area contributed by atoms with Crippen LogP contribution in [0.5, 0.6) is 0 Å². The second kappa shape index (κ2) is 45.8. The van der Waals surface area contributed by atoms with E-state index in [9.17, 15) is 20.1 Å². The summed E-state index contributed by atoms with van der Waals surface area (Å²) in [7, 11) is 0. The molecule has 55 heavy (non-hydrogen) atoms. The molecule has 0 aliphatic carbocycles. The van der Waals surface area contributed by atoms with Gasteiger partial charge in [-0.05, 0) is 38.5 Å². The van der Waals surface area contributed by atoms with Gasteiger partial charge in [0, 0.05) is 0 Å². The zero-order chi connectivity index (χ0) is 40.1. The van der Waals surface area contributed by atoms with E-state index in [0.717, 1.165) is 32.1 Å². The van der Waals surface area contributed by atoms with Crippen LogP contribution in [-0.2, 0) is 4.79 Å². The van der Waals surface area contributed by atoms with Crippen LogP contribution in [0.1, 0.15) is 277 Å². The van der Waals surface area contributed by atoms with Crippen LogP contribution in [-0.4, -0.2) is 46.1 Å². The molecule has 0 aromatic carbocycles. The van der Waals surface area contributed by atoms with E-state index in [-0.39, 0.29) is 18.9 Å². The van der Waals surface area contributed by atoms with Gasteiger partial charge in [0.15, 0.2) is 0 Å². The molecule has 0 aliphatic rings. The van der Waals surface area contributed by atoms with Gasteiger partial charge in [-0.3, -0.25) is 4.79 Å². The maximum atomic E-state index is 12.5. The molecule has 0 aromatic heterocycles. The summed E-state index contributed by atoms with van der Waals surface area (Å²) in [5.74, 6) is -0.283. The van der Waals surface area contributed by atoms with E-state index in [1.54, 1.807) is 0 Å². The Balaban J connectivity index is 3.57. The molecule has 0 saturated heterocycles. The molecular formula is C50H99NO4. The lowest BCUT2D eigenvalue weighted by molar-refractivity contribution is -0.125. The SMILES string of the molecule is CCCCCCCCCCCC/C=C\CCCCCCCC(O)CC(=O)NC(CO)C(O)CCCCCCCCCCCCCCCCCCCCCCC. The maximum absolute atomic E-state index is 12.5. The van der Waals surface area contributed by atoms with E-state index in [2.05, 4.69) is 31.3 Å². The molecule has 0 fully saturated rings. The summed E-state index contributed by atoms with van der Waals surface area (Å²) in [4.78, 5) is 12.5. The van der Waals surface area contributed by atoms with Gasteiger partial charge in [0.2, 0.25) is 5.91 Å². The number of amides is 1. The summed E-state index contributed by atoms with van der Waals surface area (Å²) in [5, 5.41) is 33.5. The highest BCUT2D eigenvalue weighted by Gasteiger charge is 2.21. The Hall–Kier alpha value is -0.910. The summed E-state index contributed by atoms with van der Waals surface area (Å²) < 4.78 is 0. The third-order valence-electron chi connectivity index (χ3n) is 11.8. The Bertz CT molecular complexity index is 773. The number of aliphatic hydroxyl groups excluding tert-OH is 3. The van der Waals surface area contributed by atoms with Gasteiger partial charge < -0.3 is 20.6 Å². The van der Waals surface area contributed by atoms with E-state index >= 15 is 0 Å². The van der Waals surface area contributed by atoms with Crippen LogP contribution in [0.2, 0.25) is 0 Å². The number of hydrogen-bond acceptors (Lipinski definition) is 4. The van der Waals surface area contributed by atoms with Crippen molar-refractivity contribution < 1.29 is 20.1 Å². The first-order valence-corrected chi connectivity index (χ1v) is 25.0. The Morgan fingerprint density at radius 2 is 0.727 bits per heavy atom. The first-order valence-electron chi connectivity index (χ1n) is 25.0. The summed E-state index contributed by atoms with van der Waals surface area (Å²) in [6.07, 6.45) is 54.8. The highest BCUT2D eigenvalue weighted by molar-refractivity contribution is 5.76. The van der Waals surface area contributed by atoms with Crippen molar-refractivity contribution >= 4 is 5.91 Å². The summed E-state index contributed by atoms with van der Waals surface area (Å²) in [6, 6.07) is -0.659. The number of nitrogens with one attached hydrogen (secondary N) is 1.